The van der Waals surface area contributed by atoms with Crippen molar-refractivity contribution in [2.24, 2.45) is 0 Å². The van der Waals surface area contributed by atoms with Crippen LogP contribution in [0.2, 0.25) is 0 Å². The first kappa shape index (κ1) is 8.77. The third-order valence-corrected chi connectivity index (χ3v) is 2.86. The van der Waals surface area contributed by atoms with E-state index in [1.165, 1.54) is 4.90 Å². The molecule has 0 radical (unpaired) electrons. The quantitative estimate of drug-likeness (QED) is 0.570. The molecule has 2 rings (SSSR count). The summed E-state index contributed by atoms with van der Waals surface area (Å²) in [6.07, 6.45) is -1.49. The average Bonchev–Trinajstić information content (AvgIpc) is 2.58. The van der Waals surface area contributed by atoms with Crippen LogP contribution in [0.5, 0.6) is 0 Å². The minimum absolute atomic E-state index is 0.188. The highest BCUT2D eigenvalue weighted by Crippen LogP contribution is 2.31. The van der Waals surface area contributed by atoms with Crippen LogP contribution in [0.3, 0.4) is 0 Å². The molecule has 2 aliphatic rings. The zero-order valence-corrected chi connectivity index (χ0v) is 7.38. The lowest BCUT2D eigenvalue weighted by Gasteiger charge is -2.20. The van der Waals surface area contributed by atoms with Crippen LogP contribution in [0.15, 0.2) is 0 Å². The summed E-state index contributed by atoms with van der Waals surface area (Å²) in [6, 6.07) is -0.651. The first-order chi connectivity index (χ1) is 6.16. The number of carbonyl (C=O) groups excluding carboxylic acids is 1. The predicted molar refractivity (Wildman–Crippen MR) is 43.1 cm³/mol. The van der Waals surface area contributed by atoms with Gasteiger partial charge in [-0.3, -0.25) is 4.90 Å². The summed E-state index contributed by atoms with van der Waals surface area (Å²) in [6.45, 7) is 2.06. The zero-order valence-electron chi connectivity index (χ0n) is 7.38. The second-order valence-corrected chi connectivity index (χ2v) is 3.51. The number of hydrogen-bond donors (Lipinski definition) is 2. The number of amides is 1. The van der Waals surface area contributed by atoms with E-state index < -0.39 is 18.3 Å². The Morgan fingerprint density at radius 2 is 2.23 bits per heavy atom. The molecule has 2 fully saturated rings. The van der Waals surface area contributed by atoms with E-state index in [9.17, 15) is 15.0 Å². The number of nitrogens with zero attached hydrogens (tertiary/aromatic N) is 1. The summed E-state index contributed by atoms with van der Waals surface area (Å²) < 4.78 is 4.79. The van der Waals surface area contributed by atoms with Crippen molar-refractivity contribution in [3.8, 4) is 0 Å². The van der Waals surface area contributed by atoms with Gasteiger partial charge >= 0.3 is 6.09 Å². The Hall–Kier alpha value is -0.810. The highest BCUT2D eigenvalue weighted by molar-refractivity contribution is 5.71. The van der Waals surface area contributed by atoms with E-state index >= 15 is 0 Å². The number of cyclic esters (lactones) is 1. The van der Waals surface area contributed by atoms with Crippen LogP contribution < -0.4 is 0 Å². The van der Waals surface area contributed by atoms with Gasteiger partial charge in [0.1, 0.15) is 18.8 Å². The van der Waals surface area contributed by atoms with Crippen LogP contribution in [0.25, 0.3) is 0 Å². The highest BCUT2D eigenvalue weighted by Gasteiger charge is 2.53. The smallest absolute Gasteiger partial charge is 0.410 e. The molecule has 0 saturated carbocycles. The number of carbonyl (C=O) groups is 1. The van der Waals surface area contributed by atoms with E-state index in [0.29, 0.717) is 6.42 Å². The van der Waals surface area contributed by atoms with Gasteiger partial charge in [0.15, 0.2) is 0 Å². The monoisotopic (exact) mass is 187 g/mol. The van der Waals surface area contributed by atoms with Crippen LogP contribution in [-0.4, -0.2) is 52.1 Å². The average molecular weight is 187 g/mol. The highest BCUT2D eigenvalue weighted by atomic mass is 16.6. The summed E-state index contributed by atoms with van der Waals surface area (Å²) in [7, 11) is 0. The van der Waals surface area contributed by atoms with Gasteiger partial charge in [-0.2, -0.15) is 0 Å². The molecule has 0 aromatic rings. The molecule has 2 aliphatic heterocycles. The number of rotatable bonds is 1. The Bertz CT molecular complexity index is 230. The normalized spacial score (nSPS) is 43.6. The fraction of sp³-hybridized carbons (Fsp3) is 0.875. The van der Waals surface area contributed by atoms with Gasteiger partial charge in [0.05, 0.1) is 12.1 Å². The van der Waals surface area contributed by atoms with Gasteiger partial charge in [-0.05, 0) is 6.42 Å². The van der Waals surface area contributed by atoms with Gasteiger partial charge < -0.3 is 14.9 Å². The second kappa shape index (κ2) is 2.85. The molecule has 0 aromatic heterocycles. The Balaban J connectivity index is 2.25. The molecule has 5 nitrogen and oxygen atoms in total. The van der Waals surface area contributed by atoms with Crippen LogP contribution in [0.1, 0.15) is 13.3 Å². The van der Waals surface area contributed by atoms with E-state index in [1.807, 2.05) is 6.92 Å². The van der Waals surface area contributed by atoms with Crippen molar-refractivity contribution in [2.75, 3.05) is 6.61 Å². The molecule has 13 heavy (non-hydrogen) atoms. The van der Waals surface area contributed by atoms with Crippen molar-refractivity contribution in [1.82, 2.24) is 4.90 Å². The number of ether oxygens (including phenoxy) is 1. The van der Waals surface area contributed by atoms with E-state index in [2.05, 4.69) is 0 Å². The van der Waals surface area contributed by atoms with E-state index in [1.54, 1.807) is 0 Å². The molecule has 2 N–H and O–H groups in total. The molecule has 4 atom stereocenters. The van der Waals surface area contributed by atoms with Crippen molar-refractivity contribution in [1.29, 1.82) is 0 Å². The summed E-state index contributed by atoms with van der Waals surface area (Å²) >= 11 is 0. The van der Waals surface area contributed by atoms with Crippen molar-refractivity contribution in [2.45, 2.75) is 37.6 Å². The summed E-state index contributed by atoms with van der Waals surface area (Å²) in [5, 5.41) is 19.1. The predicted octanol–water partition coefficient (Wildman–Crippen LogP) is -0.679. The first-order valence-corrected chi connectivity index (χ1v) is 4.48. The number of aliphatic hydroxyl groups excluding tert-OH is 2. The van der Waals surface area contributed by atoms with Gasteiger partial charge in [0, 0.05) is 0 Å². The summed E-state index contributed by atoms with van der Waals surface area (Å²) in [5.41, 5.74) is 0. The van der Waals surface area contributed by atoms with Crippen molar-refractivity contribution < 1.29 is 19.7 Å². The van der Waals surface area contributed by atoms with Crippen LogP contribution in [0.4, 0.5) is 4.79 Å². The lowest BCUT2D eigenvalue weighted by Crippen LogP contribution is -2.38. The summed E-state index contributed by atoms with van der Waals surface area (Å²) in [4.78, 5) is 12.7. The fourth-order valence-corrected chi connectivity index (χ4v) is 2.15. The van der Waals surface area contributed by atoms with Crippen molar-refractivity contribution in [3.05, 3.63) is 0 Å². The molecule has 0 aromatic carbocycles. The van der Waals surface area contributed by atoms with Crippen LogP contribution >= 0.6 is 0 Å². The molecular weight excluding hydrogens is 174 g/mol. The Morgan fingerprint density at radius 3 is 2.85 bits per heavy atom. The maximum absolute atomic E-state index is 11.2. The molecule has 5 heteroatoms. The van der Waals surface area contributed by atoms with Crippen molar-refractivity contribution in [3.63, 3.8) is 0 Å². The molecule has 0 spiro atoms. The molecule has 0 bridgehead atoms. The lowest BCUT2D eigenvalue weighted by molar-refractivity contribution is 0.0180. The Kier molecular flexibility index (Phi) is 1.92. The standard InChI is InChI=1S/C8H13NO4/c1-2-4-6(10)7(11)5-3-13-8(12)9(4)5/h4-7,10-11H,2-3H2,1H3. The van der Waals surface area contributed by atoms with E-state index in [0.717, 1.165) is 0 Å². The van der Waals surface area contributed by atoms with Crippen LogP contribution in [-0.2, 0) is 4.74 Å². The maximum atomic E-state index is 11.2. The van der Waals surface area contributed by atoms with Gasteiger partial charge in [0.25, 0.3) is 0 Å². The number of fused-ring (bicyclic) bond motifs is 1. The third-order valence-electron chi connectivity index (χ3n) is 2.86. The third kappa shape index (κ3) is 1.04. The van der Waals surface area contributed by atoms with Gasteiger partial charge in [-0.15, -0.1) is 0 Å². The Labute approximate surface area is 75.9 Å². The maximum Gasteiger partial charge on any atom is 0.410 e. The van der Waals surface area contributed by atoms with Crippen LogP contribution in [0, 0.1) is 0 Å². The fourth-order valence-electron chi connectivity index (χ4n) is 2.15. The minimum atomic E-state index is -0.864. The molecule has 2 heterocycles. The lowest BCUT2D eigenvalue weighted by atomic mass is 10.1. The molecule has 2 saturated heterocycles. The number of aliphatic hydroxyl groups is 2. The number of hydrogen-bond acceptors (Lipinski definition) is 4. The van der Waals surface area contributed by atoms with E-state index in [-0.39, 0.29) is 18.7 Å². The van der Waals surface area contributed by atoms with Crippen molar-refractivity contribution >= 4 is 6.09 Å². The Morgan fingerprint density at radius 1 is 1.54 bits per heavy atom. The topological polar surface area (TPSA) is 70.0 Å². The molecule has 74 valence electrons. The molecule has 4 unspecified atom stereocenters. The van der Waals surface area contributed by atoms with Gasteiger partial charge in [0.2, 0.25) is 0 Å². The second-order valence-electron chi connectivity index (χ2n) is 3.51. The van der Waals surface area contributed by atoms with Gasteiger partial charge in [-0.25, -0.2) is 4.79 Å². The molecule has 0 aliphatic carbocycles. The molecular formula is C8H13NO4. The van der Waals surface area contributed by atoms with E-state index in [4.69, 9.17) is 4.74 Å². The zero-order chi connectivity index (χ0) is 9.59. The SMILES string of the molecule is CCC1C(O)C(O)C2COC(=O)N12. The van der Waals surface area contributed by atoms with Gasteiger partial charge in [-0.1, -0.05) is 6.92 Å². The minimum Gasteiger partial charge on any atom is -0.447 e. The first-order valence-electron chi connectivity index (χ1n) is 4.48. The molecule has 1 amide bonds. The summed E-state index contributed by atoms with van der Waals surface area (Å²) in [5.74, 6) is 0. The largest absolute Gasteiger partial charge is 0.447 e.